The summed E-state index contributed by atoms with van der Waals surface area (Å²) in [5, 5.41) is 28.3. The molecule has 1 saturated heterocycles. The van der Waals surface area contributed by atoms with Gasteiger partial charge in [-0.05, 0) is 118 Å². The molecule has 7 heteroatoms. The van der Waals surface area contributed by atoms with E-state index in [0.29, 0.717) is 42.9 Å². The van der Waals surface area contributed by atoms with Gasteiger partial charge in [0.2, 0.25) is 0 Å². The van der Waals surface area contributed by atoms with Crippen molar-refractivity contribution in [2.75, 3.05) is 13.7 Å². The number of nitrogens with two attached hydrogens (primary N) is 2. The van der Waals surface area contributed by atoms with Crippen molar-refractivity contribution in [1.82, 2.24) is 0 Å². The van der Waals surface area contributed by atoms with Crippen LogP contribution in [-0.2, 0) is 14.3 Å². The molecule has 0 bridgehead atoms. The van der Waals surface area contributed by atoms with Crippen LogP contribution in [0.25, 0.3) is 0 Å². The second kappa shape index (κ2) is 20.2. The van der Waals surface area contributed by atoms with Gasteiger partial charge in [-0.15, -0.1) is 0 Å². The van der Waals surface area contributed by atoms with Crippen molar-refractivity contribution in [3.63, 3.8) is 0 Å². The third-order valence-corrected chi connectivity index (χ3v) is 15.6. The monoisotopic (exact) mass is 737 g/mol. The first-order valence-corrected chi connectivity index (χ1v) is 22.8. The Morgan fingerprint density at radius 1 is 0.811 bits per heavy atom. The molecule has 300 valence electrons. The first kappa shape index (κ1) is 41.3. The van der Waals surface area contributed by atoms with Crippen molar-refractivity contribution in [3.8, 4) is 11.8 Å². The van der Waals surface area contributed by atoms with Crippen molar-refractivity contribution in [2.45, 2.75) is 186 Å². The van der Waals surface area contributed by atoms with Gasteiger partial charge >= 0.3 is 0 Å². The van der Waals surface area contributed by atoms with Crippen LogP contribution in [0.3, 0.4) is 0 Å². The van der Waals surface area contributed by atoms with Crippen molar-refractivity contribution >= 4 is 11.6 Å². The number of fused-ring (bicyclic) bond motifs is 2. The lowest BCUT2D eigenvalue weighted by Gasteiger charge is -2.49. The second-order valence-corrected chi connectivity index (χ2v) is 19.2. The molecule has 0 spiro atoms. The van der Waals surface area contributed by atoms with Gasteiger partial charge in [0.15, 0.2) is 0 Å². The number of aliphatic hydroxyl groups excluding tert-OH is 1. The zero-order valence-electron chi connectivity index (χ0n) is 33.6. The fraction of sp³-hybridized carbons (Fsp3) is 0.913. The Kier molecular flexibility index (Phi) is 15.8. The topological polar surface area (TPSA) is 129 Å². The maximum Gasteiger partial charge on any atom is 0.137 e. The smallest absolute Gasteiger partial charge is 0.137 e. The van der Waals surface area contributed by atoms with E-state index in [1.54, 1.807) is 7.11 Å². The number of carbonyl (C=O) groups excluding carboxylic acids is 2. The third-order valence-electron chi connectivity index (χ3n) is 15.6. The van der Waals surface area contributed by atoms with E-state index in [4.69, 9.17) is 10.5 Å². The molecule has 1 heterocycles. The molecule has 13 unspecified atom stereocenters. The quantitative estimate of drug-likeness (QED) is 0.178. The van der Waals surface area contributed by atoms with Crippen molar-refractivity contribution < 1.29 is 29.9 Å². The van der Waals surface area contributed by atoms with Gasteiger partial charge in [0.25, 0.3) is 0 Å². The number of quaternary nitrogens is 1. The van der Waals surface area contributed by atoms with Crippen LogP contribution in [0, 0.1) is 76.9 Å². The molecule has 5 N–H and O–H groups in total. The minimum atomic E-state index is -1.82. The summed E-state index contributed by atoms with van der Waals surface area (Å²) in [6.07, 6.45) is 22.9. The number of Topliss-reactive ketones (excluding diaryl/α,β-unsaturated/α-hetero) is 2. The molecule has 0 aromatic carbocycles. The molecule has 6 rings (SSSR count). The van der Waals surface area contributed by atoms with E-state index in [1.165, 1.54) is 57.8 Å². The average Bonchev–Trinajstić information content (AvgIpc) is 3.34. The maximum atomic E-state index is 14.3. The van der Waals surface area contributed by atoms with Gasteiger partial charge in [0.1, 0.15) is 17.7 Å². The summed E-state index contributed by atoms with van der Waals surface area (Å²) in [6, 6.07) is 0. The molecule has 1 aliphatic heterocycles. The Morgan fingerprint density at radius 2 is 1.57 bits per heavy atom. The molecular weight excluding hydrogens is 661 g/mol. The van der Waals surface area contributed by atoms with Crippen LogP contribution in [-0.4, -0.2) is 54.8 Å². The third kappa shape index (κ3) is 10.8. The summed E-state index contributed by atoms with van der Waals surface area (Å²) < 4.78 is 6.00. The lowest BCUT2D eigenvalue weighted by Crippen LogP contribution is -2.94. The number of hydrogen-bond donors (Lipinski definition) is 3. The summed E-state index contributed by atoms with van der Waals surface area (Å²) in [5.41, 5.74) is 6.43. The van der Waals surface area contributed by atoms with Gasteiger partial charge in [0.05, 0.1) is 18.8 Å². The Hall–Kier alpha value is -1.30. The maximum absolute atomic E-state index is 14.3. The Balaban J connectivity index is 1.39. The lowest BCUT2D eigenvalue weighted by atomic mass is 9.57. The predicted octanol–water partition coefficient (Wildman–Crippen LogP) is 6.32. The summed E-state index contributed by atoms with van der Waals surface area (Å²) in [4.78, 5) is 28.2. The molecule has 5 aliphatic carbocycles. The summed E-state index contributed by atoms with van der Waals surface area (Å²) in [5.74, 6) is 9.52. The van der Waals surface area contributed by atoms with Crippen LogP contribution in [0.1, 0.15) is 161 Å². The summed E-state index contributed by atoms with van der Waals surface area (Å²) >= 11 is 0. The molecular formula is C46H76N2O5. The minimum Gasteiger partial charge on any atom is -0.841 e. The Bertz CT molecular complexity index is 1220. The van der Waals surface area contributed by atoms with E-state index >= 15 is 0 Å². The van der Waals surface area contributed by atoms with Gasteiger partial charge in [-0.3, -0.25) is 5.73 Å². The predicted molar refractivity (Wildman–Crippen MR) is 208 cm³/mol. The standard InChI is InChI=1S/C46H75N2O5/c1-3-4-11-31-24-33(25-32-22-23-48-42(47)28-32)26-35-17-20-37(34-14-9-6-10-15-34)43-36(18-21-40(49)46(52)45(51)39(35)27-31)29-41(53-2)44(50)38(43)19-16-30-12-7-5-8-13-30/h30-39,41-44,46,48,50H,3-16,18-19,21-29,47H2,1-2H3/q-1/p+1. The highest BCUT2D eigenvalue weighted by atomic mass is 16.5. The number of aliphatic hydroxyl groups is 1. The van der Waals surface area contributed by atoms with Crippen molar-refractivity contribution in [2.24, 2.45) is 70.8 Å². The van der Waals surface area contributed by atoms with Gasteiger partial charge in [-0.25, -0.2) is 0 Å². The highest BCUT2D eigenvalue weighted by Crippen LogP contribution is 2.50. The molecule has 4 saturated carbocycles. The molecule has 53 heavy (non-hydrogen) atoms. The Labute approximate surface area is 322 Å². The largest absolute Gasteiger partial charge is 0.841 e. The number of carbonyl (C=O) groups is 2. The fourth-order valence-corrected chi connectivity index (χ4v) is 12.8. The molecule has 0 aromatic rings. The molecule has 7 nitrogen and oxygen atoms in total. The Morgan fingerprint density at radius 3 is 2.28 bits per heavy atom. The van der Waals surface area contributed by atoms with Gasteiger partial charge < -0.3 is 29.9 Å². The van der Waals surface area contributed by atoms with E-state index in [9.17, 15) is 19.8 Å². The van der Waals surface area contributed by atoms with Crippen LogP contribution in [0.2, 0.25) is 0 Å². The van der Waals surface area contributed by atoms with E-state index in [1.807, 2.05) is 0 Å². The van der Waals surface area contributed by atoms with Crippen molar-refractivity contribution in [1.29, 1.82) is 0 Å². The lowest BCUT2D eigenvalue weighted by molar-refractivity contribution is -0.699. The zero-order valence-corrected chi connectivity index (χ0v) is 33.6. The molecule has 0 amide bonds. The second-order valence-electron chi connectivity index (χ2n) is 19.2. The van der Waals surface area contributed by atoms with Crippen LogP contribution in [0.15, 0.2) is 0 Å². The van der Waals surface area contributed by atoms with E-state index < -0.39 is 23.9 Å². The molecule has 0 radical (unpaired) electrons. The van der Waals surface area contributed by atoms with Crippen LogP contribution in [0.5, 0.6) is 0 Å². The SMILES string of the molecule is CCCCC1CC(CC2CC[NH2+]C(N)C2)CC2C#CC(C3CCCCC3)C3C(CCC(=O)C([O-])C(=O)C2C1)CC(OC)C(O)C3CCC1CCCCC1. The highest BCUT2D eigenvalue weighted by Gasteiger charge is 2.49. The van der Waals surface area contributed by atoms with Crippen LogP contribution in [0.4, 0.5) is 0 Å². The summed E-state index contributed by atoms with van der Waals surface area (Å²) in [7, 11) is 1.72. The number of hydrogen-bond acceptors (Lipinski definition) is 6. The summed E-state index contributed by atoms with van der Waals surface area (Å²) in [6.45, 7) is 3.30. The molecule has 0 aromatic heterocycles. The number of rotatable bonds is 10. The van der Waals surface area contributed by atoms with Crippen molar-refractivity contribution in [3.05, 3.63) is 0 Å². The van der Waals surface area contributed by atoms with E-state index in [2.05, 4.69) is 24.1 Å². The van der Waals surface area contributed by atoms with E-state index in [-0.39, 0.29) is 54.1 Å². The highest BCUT2D eigenvalue weighted by molar-refractivity contribution is 6.05. The van der Waals surface area contributed by atoms with Gasteiger partial charge in [-0.1, -0.05) is 95.8 Å². The number of ketones is 2. The molecule has 13 atom stereocenters. The minimum absolute atomic E-state index is 0.0630. The van der Waals surface area contributed by atoms with Crippen LogP contribution < -0.4 is 16.2 Å². The zero-order chi connectivity index (χ0) is 37.3. The normalized spacial score (nSPS) is 41.2. The van der Waals surface area contributed by atoms with Crippen LogP contribution >= 0.6 is 0 Å². The number of piperidine rings is 1. The number of unbranched alkanes of at least 4 members (excludes halogenated alkanes) is 1. The number of methoxy groups -OCH3 is 1. The first-order chi connectivity index (χ1) is 25.7. The molecule has 6 aliphatic rings. The first-order valence-electron chi connectivity index (χ1n) is 22.8. The molecule has 5 fully saturated rings. The fourth-order valence-electron chi connectivity index (χ4n) is 12.8. The van der Waals surface area contributed by atoms with Gasteiger partial charge in [0, 0.05) is 37.7 Å². The average molecular weight is 737 g/mol. The van der Waals surface area contributed by atoms with E-state index in [0.717, 1.165) is 83.1 Å². The number of ether oxygens (including phenoxy) is 1. The van der Waals surface area contributed by atoms with Gasteiger partial charge in [-0.2, -0.15) is 0 Å².